The second kappa shape index (κ2) is 7.08. The van der Waals surface area contributed by atoms with Gasteiger partial charge in [-0.1, -0.05) is 24.6 Å². The molecule has 0 saturated carbocycles. The average Bonchev–Trinajstić information content (AvgIpc) is 2.45. The summed E-state index contributed by atoms with van der Waals surface area (Å²) in [6.45, 7) is 10.1. The molecule has 1 atom stereocenters. The summed E-state index contributed by atoms with van der Waals surface area (Å²) in [6, 6.07) is 6.73. The number of hydrogen-bond acceptors (Lipinski definition) is 2. The molecule has 1 heterocycles. The van der Waals surface area contributed by atoms with Crippen molar-refractivity contribution in [1.82, 2.24) is 10.2 Å². The number of rotatable bonds is 4. The van der Waals surface area contributed by atoms with Gasteiger partial charge in [-0.05, 0) is 58.2 Å². The predicted molar refractivity (Wildman–Crippen MR) is 87.7 cm³/mol. The molecule has 1 unspecified atom stereocenters. The van der Waals surface area contributed by atoms with Gasteiger partial charge in [-0.3, -0.25) is 4.79 Å². The molecular weight excluding hydrogens is 260 g/mol. The zero-order chi connectivity index (χ0) is 15.4. The van der Waals surface area contributed by atoms with Gasteiger partial charge in [0.15, 0.2) is 0 Å². The van der Waals surface area contributed by atoms with Crippen LogP contribution in [-0.2, 0) is 0 Å². The summed E-state index contributed by atoms with van der Waals surface area (Å²) in [5.41, 5.74) is 3.02. The van der Waals surface area contributed by atoms with Crippen molar-refractivity contribution in [2.75, 3.05) is 13.1 Å². The molecule has 3 nitrogen and oxygen atoms in total. The second-order valence-corrected chi connectivity index (χ2v) is 6.46. The van der Waals surface area contributed by atoms with Crippen LogP contribution in [0.1, 0.15) is 54.6 Å². The van der Waals surface area contributed by atoms with Gasteiger partial charge in [0.1, 0.15) is 0 Å². The molecule has 0 spiro atoms. The van der Waals surface area contributed by atoms with Crippen molar-refractivity contribution in [3.05, 3.63) is 34.9 Å². The third kappa shape index (κ3) is 3.85. The van der Waals surface area contributed by atoms with E-state index in [1.165, 1.54) is 19.3 Å². The van der Waals surface area contributed by atoms with E-state index < -0.39 is 0 Å². The molecule has 1 fully saturated rings. The van der Waals surface area contributed by atoms with Crippen molar-refractivity contribution in [1.29, 1.82) is 0 Å². The maximum Gasteiger partial charge on any atom is 0.254 e. The van der Waals surface area contributed by atoms with E-state index in [9.17, 15) is 4.79 Å². The van der Waals surface area contributed by atoms with Gasteiger partial charge in [0.05, 0.1) is 0 Å². The largest absolute Gasteiger partial charge is 0.335 e. The smallest absolute Gasteiger partial charge is 0.254 e. The molecule has 21 heavy (non-hydrogen) atoms. The van der Waals surface area contributed by atoms with E-state index in [0.29, 0.717) is 6.04 Å². The molecule has 0 aliphatic carbocycles. The molecule has 0 aromatic heterocycles. The van der Waals surface area contributed by atoms with Gasteiger partial charge < -0.3 is 10.2 Å². The molecule has 0 bridgehead atoms. The van der Waals surface area contributed by atoms with E-state index in [4.69, 9.17) is 0 Å². The molecule has 2 rings (SSSR count). The standard InChI is InChI=1S/C18H28N2O/c1-13(2)20(12-16-10-5-6-11-19-16)18(21)17-14(3)8-7-9-15(17)4/h7-9,13,16,19H,5-6,10-12H2,1-4H3. The van der Waals surface area contributed by atoms with Crippen molar-refractivity contribution in [3.8, 4) is 0 Å². The minimum Gasteiger partial charge on any atom is -0.335 e. The summed E-state index contributed by atoms with van der Waals surface area (Å²) in [7, 11) is 0. The summed E-state index contributed by atoms with van der Waals surface area (Å²) in [6.07, 6.45) is 3.69. The number of carbonyl (C=O) groups excluding carboxylic acids is 1. The number of carbonyl (C=O) groups is 1. The van der Waals surface area contributed by atoms with Gasteiger partial charge in [0.2, 0.25) is 0 Å². The number of nitrogens with zero attached hydrogens (tertiary/aromatic N) is 1. The molecule has 1 saturated heterocycles. The SMILES string of the molecule is Cc1cccc(C)c1C(=O)N(CC1CCCCN1)C(C)C. The van der Waals surface area contributed by atoms with Gasteiger partial charge in [-0.2, -0.15) is 0 Å². The van der Waals surface area contributed by atoms with Crippen molar-refractivity contribution >= 4 is 5.91 Å². The minimum atomic E-state index is 0.174. The number of piperidine rings is 1. The molecule has 1 aliphatic rings. The Balaban J connectivity index is 2.19. The highest BCUT2D eigenvalue weighted by molar-refractivity contribution is 5.97. The third-order valence-electron chi connectivity index (χ3n) is 4.41. The van der Waals surface area contributed by atoms with Crippen LogP contribution in [0.2, 0.25) is 0 Å². The van der Waals surface area contributed by atoms with E-state index in [2.05, 4.69) is 19.2 Å². The average molecular weight is 288 g/mol. The Hall–Kier alpha value is -1.35. The monoisotopic (exact) mass is 288 g/mol. The van der Waals surface area contributed by atoms with Crippen molar-refractivity contribution < 1.29 is 4.79 Å². The number of benzene rings is 1. The zero-order valence-electron chi connectivity index (χ0n) is 13.8. The Bertz CT molecular complexity index is 470. The molecule has 1 aromatic rings. The van der Waals surface area contributed by atoms with Crippen LogP contribution in [0, 0.1) is 13.8 Å². The first kappa shape index (κ1) is 16.0. The fourth-order valence-corrected chi connectivity index (χ4v) is 3.14. The van der Waals surface area contributed by atoms with Crippen LogP contribution in [0.5, 0.6) is 0 Å². The van der Waals surface area contributed by atoms with Gasteiger partial charge in [-0.25, -0.2) is 0 Å². The Kier molecular flexibility index (Phi) is 5.40. The van der Waals surface area contributed by atoms with Gasteiger partial charge in [-0.15, -0.1) is 0 Å². The van der Waals surface area contributed by atoms with Crippen LogP contribution in [0.25, 0.3) is 0 Å². The molecule has 1 N–H and O–H groups in total. The summed E-state index contributed by atoms with van der Waals surface area (Å²) >= 11 is 0. The quantitative estimate of drug-likeness (QED) is 0.922. The van der Waals surface area contributed by atoms with Crippen molar-refractivity contribution in [2.45, 2.75) is 59.0 Å². The number of aryl methyl sites for hydroxylation is 2. The lowest BCUT2D eigenvalue weighted by Gasteiger charge is -2.34. The number of amides is 1. The summed E-state index contributed by atoms with van der Waals surface area (Å²) in [5.74, 6) is 0.174. The first-order valence-electron chi connectivity index (χ1n) is 8.11. The Morgan fingerprint density at radius 2 is 1.95 bits per heavy atom. The number of hydrogen-bond donors (Lipinski definition) is 1. The zero-order valence-corrected chi connectivity index (χ0v) is 13.8. The lowest BCUT2D eigenvalue weighted by atomic mass is 9.99. The van der Waals surface area contributed by atoms with Crippen LogP contribution >= 0.6 is 0 Å². The van der Waals surface area contributed by atoms with Gasteiger partial charge >= 0.3 is 0 Å². The van der Waals surface area contributed by atoms with Crippen LogP contribution in [-0.4, -0.2) is 36.0 Å². The predicted octanol–water partition coefficient (Wildman–Crippen LogP) is 3.30. The van der Waals surface area contributed by atoms with Gasteiger partial charge in [0.25, 0.3) is 5.91 Å². The molecule has 1 aromatic carbocycles. The fraction of sp³-hybridized carbons (Fsp3) is 0.611. The first-order chi connectivity index (χ1) is 10.0. The normalized spacial score (nSPS) is 18.8. The van der Waals surface area contributed by atoms with E-state index in [1.807, 2.05) is 36.9 Å². The van der Waals surface area contributed by atoms with Crippen molar-refractivity contribution in [2.24, 2.45) is 0 Å². The number of nitrogens with one attached hydrogen (secondary N) is 1. The molecule has 1 aliphatic heterocycles. The molecule has 0 radical (unpaired) electrons. The maximum atomic E-state index is 13.0. The third-order valence-corrected chi connectivity index (χ3v) is 4.41. The van der Waals surface area contributed by atoms with E-state index in [0.717, 1.165) is 29.8 Å². The molecule has 116 valence electrons. The lowest BCUT2D eigenvalue weighted by Crippen LogP contribution is -2.48. The highest BCUT2D eigenvalue weighted by Gasteiger charge is 2.25. The molecule has 1 amide bonds. The fourth-order valence-electron chi connectivity index (χ4n) is 3.14. The Labute approximate surface area is 128 Å². The lowest BCUT2D eigenvalue weighted by molar-refractivity contribution is 0.0675. The van der Waals surface area contributed by atoms with Crippen LogP contribution < -0.4 is 5.32 Å². The van der Waals surface area contributed by atoms with Gasteiger partial charge in [0, 0.05) is 24.2 Å². The summed E-state index contributed by atoms with van der Waals surface area (Å²) < 4.78 is 0. The van der Waals surface area contributed by atoms with Crippen LogP contribution in [0.3, 0.4) is 0 Å². The molecular formula is C18H28N2O. The maximum absolute atomic E-state index is 13.0. The summed E-state index contributed by atoms with van der Waals surface area (Å²) in [4.78, 5) is 15.0. The highest BCUT2D eigenvalue weighted by Crippen LogP contribution is 2.19. The molecule has 3 heteroatoms. The highest BCUT2D eigenvalue weighted by atomic mass is 16.2. The van der Waals surface area contributed by atoms with Crippen molar-refractivity contribution in [3.63, 3.8) is 0 Å². The first-order valence-corrected chi connectivity index (χ1v) is 8.11. The second-order valence-electron chi connectivity index (χ2n) is 6.46. The van der Waals surface area contributed by atoms with E-state index in [-0.39, 0.29) is 11.9 Å². The van der Waals surface area contributed by atoms with Crippen LogP contribution in [0.15, 0.2) is 18.2 Å². The summed E-state index contributed by atoms with van der Waals surface area (Å²) in [5, 5.41) is 3.55. The van der Waals surface area contributed by atoms with E-state index in [1.54, 1.807) is 0 Å². The topological polar surface area (TPSA) is 32.3 Å². The Morgan fingerprint density at radius 1 is 1.29 bits per heavy atom. The van der Waals surface area contributed by atoms with Crippen LogP contribution in [0.4, 0.5) is 0 Å². The Morgan fingerprint density at radius 3 is 2.48 bits per heavy atom. The minimum absolute atomic E-state index is 0.174. The van der Waals surface area contributed by atoms with E-state index >= 15 is 0 Å².